The van der Waals surface area contributed by atoms with E-state index in [1.54, 1.807) is 0 Å². The molecule has 1 aromatic rings. The summed E-state index contributed by atoms with van der Waals surface area (Å²) in [6.45, 7) is 10.2. The van der Waals surface area contributed by atoms with Crippen molar-refractivity contribution in [2.45, 2.75) is 121 Å². The van der Waals surface area contributed by atoms with Crippen molar-refractivity contribution in [2.24, 2.45) is 0 Å². The summed E-state index contributed by atoms with van der Waals surface area (Å²) in [5.74, 6) is 0. The Hall–Kier alpha value is -1.74. The SMILES string of the molecule is C=C(c1cc(CN(C)C2CCCCC2)cc(C(=C)N(C)C2CCCCC2)c1)N(C)C1CCCCC1. The topological polar surface area (TPSA) is 9.72 Å². The van der Waals surface area contributed by atoms with Gasteiger partial charge in [-0.3, -0.25) is 4.90 Å². The zero-order chi connectivity index (χ0) is 24.8. The highest BCUT2D eigenvalue weighted by atomic mass is 15.2. The van der Waals surface area contributed by atoms with Crippen molar-refractivity contribution >= 4 is 11.4 Å². The molecule has 0 aromatic heterocycles. The van der Waals surface area contributed by atoms with Gasteiger partial charge in [0, 0.05) is 50.2 Å². The van der Waals surface area contributed by atoms with Crippen LogP contribution in [-0.4, -0.2) is 54.0 Å². The van der Waals surface area contributed by atoms with Gasteiger partial charge in [0.25, 0.3) is 0 Å². The first-order valence-electron chi connectivity index (χ1n) is 14.6. The van der Waals surface area contributed by atoms with Gasteiger partial charge >= 0.3 is 0 Å². The quantitative estimate of drug-likeness (QED) is 0.357. The molecule has 194 valence electrons. The van der Waals surface area contributed by atoms with Gasteiger partial charge in [-0.15, -0.1) is 0 Å². The second kappa shape index (κ2) is 12.5. The van der Waals surface area contributed by atoms with Crippen LogP contribution in [0, 0.1) is 0 Å². The van der Waals surface area contributed by atoms with E-state index in [9.17, 15) is 0 Å². The van der Waals surface area contributed by atoms with Gasteiger partial charge in [-0.2, -0.15) is 0 Å². The summed E-state index contributed by atoms with van der Waals surface area (Å²) >= 11 is 0. The van der Waals surface area contributed by atoms with E-state index in [4.69, 9.17) is 0 Å². The highest BCUT2D eigenvalue weighted by Crippen LogP contribution is 2.33. The van der Waals surface area contributed by atoms with Gasteiger partial charge in [-0.05, 0) is 80.5 Å². The summed E-state index contributed by atoms with van der Waals surface area (Å²) in [7, 11) is 6.86. The van der Waals surface area contributed by atoms with Crippen LogP contribution in [0.5, 0.6) is 0 Å². The Morgan fingerprint density at radius 3 is 1.37 bits per heavy atom. The van der Waals surface area contributed by atoms with Crippen LogP contribution in [0.4, 0.5) is 0 Å². The number of hydrogen-bond donors (Lipinski definition) is 0. The molecule has 3 fully saturated rings. The van der Waals surface area contributed by atoms with Gasteiger partial charge in [0.15, 0.2) is 0 Å². The van der Waals surface area contributed by atoms with E-state index in [-0.39, 0.29) is 0 Å². The lowest BCUT2D eigenvalue weighted by Crippen LogP contribution is -2.33. The number of rotatable bonds is 9. The zero-order valence-electron chi connectivity index (χ0n) is 23.0. The second-order valence-electron chi connectivity index (χ2n) is 11.8. The maximum atomic E-state index is 4.61. The van der Waals surface area contributed by atoms with E-state index in [1.807, 2.05) is 0 Å². The second-order valence-corrected chi connectivity index (χ2v) is 11.8. The lowest BCUT2D eigenvalue weighted by molar-refractivity contribution is 0.184. The minimum atomic E-state index is 0.626. The lowest BCUT2D eigenvalue weighted by atomic mass is 9.92. The molecule has 3 heteroatoms. The summed E-state index contributed by atoms with van der Waals surface area (Å²) in [6, 6.07) is 9.17. The molecule has 3 nitrogen and oxygen atoms in total. The van der Waals surface area contributed by atoms with Crippen LogP contribution in [0.1, 0.15) is 113 Å². The van der Waals surface area contributed by atoms with E-state index in [0.717, 1.165) is 12.6 Å². The minimum Gasteiger partial charge on any atom is -0.372 e. The van der Waals surface area contributed by atoms with Crippen LogP contribution < -0.4 is 0 Å². The number of nitrogens with zero attached hydrogens (tertiary/aromatic N) is 3. The highest BCUT2D eigenvalue weighted by molar-refractivity contribution is 5.70. The standard InChI is InChI=1S/C32H51N3/c1-25(34(4)31-17-11-7-12-18-31)28-21-27(24-33(3)30-15-9-6-10-16-30)22-29(23-28)26(2)35(5)32-19-13-8-14-20-32/h21-23,30-32H,1-2,6-20,24H2,3-5H3. The zero-order valence-corrected chi connectivity index (χ0v) is 23.0. The molecule has 0 bridgehead atoms. The van der Waals surface area contributed by atoms with Crippen LogP contribution in [0.3, 0.4) is 0 Å². The molecule has 1 aromatic carbocycles. The van der Waals surface area contributed by atoms with Crippen LogP contribution in [0.2, 0.25) is 0 Å². The van der Waals surface area contributed by atoms with Gasteiger partial charge in [-0.1, -0.05) is 70.9 Å². The Balaban J connectivity index is 1.58. The predicted octanol–water partition coefficient (Wildman–Crippen LogP) is 7.92. The average molecular weight is 478 g/mol. The molecule has 0 radical (unpaired) electrons. The molecule has 4 rings (SSSR count). The fourth-order valence-electron chi connectivity index (χ4n) is 6.84. The fourth-order valence-corrected chi connectivity index (χ4v) is 6.84. The molecular formula is C32H51N3. The molecule has 0 saturated heterocycles. The fraction of sp³-hybridized carbons (Fsp3) is 0.688. The lowest BCUT2D eigenvalue weighted by Gasteiger charge is -2.36. The molecule has 0 aliphatic heterocycles. The minimum absolute atomic E-state index is 0.626. The summed E-state index contributed by atoms with van der Waals surface area (Å²) < 4.78 is 0. The maximum Gasteiger partial charge on any atom is 0.0367 e. The molecule has 0 atom stereocenters. The van der Waals surface area contributed by atoms with Crippen LogP contribution >= 0.6 is 0 Å². The van der Waals surface area contributed by atoms with Crippen molar-refractivity contribution < 1.29 is 0 Å². The van der Waals surface area contributed by atoms with Crippen molar-refractivity contribution in [3.63, 3.8) is 0 Å². The van der Waals surface area contributed by atoms with E-state index in [0.29, 0.717) is 12.1 Å². The van der Waals surface area contributed by atoms with Crippen molar-refractivity contribution in [1.82, 2.24) is 14.7 Å². The first-order valence-corrected chi connectivity index (χ1v) is 14.6. The average Bonchev–Trinajstić information content (AvgIpc) is 2.92. The maximum absolute atomic E-state index is 4.61. The first kappa shape index (κ1) is 26.3. The van der Waals surface area contributed by atoms with Crippen molar-refractivity contribution in [3.05, 3.63) is 48.0 Å². The number of benzene rings is 1. The summed E-state index contributed by atoms with van der Waals surface area (Å²) in [5, 5.41) is 0. The molecule has 0 N–H and O–H groups in total. The summed E-state index contributed by atoms with van der Waals surface area (Å²) in [6.07, 6.45) is 20.2. The van der Waals surface area contributed by atoms with Crippen LogP contribution in [0.15, 0.2) is 31.4 Å². The molecule has 0 unspecified atom stereocenters. The third-order valence-electron chi connectivity index (χ3n) is 9.39. The molecule has 0 spiro atoms. The molecule has 0 heterocycles. The van der Waals surface area contributed by atoms with E-state index in [1.165, 1.54) is 124 Å². The molecule has 0 amide bonds. The predicted molar refractivity (Wildman–Crippen MR) is 152 cm³/mol. The van der Waals surface area contributed by atoms with Crippen LogP contribution in [-0.2, 0) is 6.54 Å². The van der Waals surface area contributed by atoms with Gasteiger partial charge in [0.1, 0.15) is 0 Å². The van der Waals surface area contributed by atoms with Gasteiger partial charge in [0.05, 0.1) is 0 Å². The number of hydrogen-bond acceptors (Lipinski definition) is 3. The molecule has 35 heavy (non-hydrogen) atoms. The van der Waals surface area contributed by atoms with Crippen molar-refractivity contribution in [2.75, 3.05) is 21.1 Å². The Labute approximate surface area is 216 Å². The molecule has 3 aliphatic carbocycles. The third kappa shape index (κ3) is 6.73. The Bertz CT molecular complexity index is 786. The first-order chi connectivity index (χ1) is 16.9. The Kier molecular flexibility index (Phi) is 9.39. The van der Waals surface area contributed by atoms with Crippen LogP contribution in [0.25, 0.3) is 11.4 Å². The largest absolute Gasteiger partial charge is 0.372 e. The molecule has 3 saturated carbocycles. The Morgan fingerprint density at radius 2 is 0.971 bits per heavy atom. The smallest absolute Gasteiger partial charge is 0.0367 e. The summed E-state index contributed by atoms with van der Waals surface area (Å²) in [5.41, 5.74) is 6.31. The molecule has 3 aliphatic rings. The van der Waals surface area contributed by atoms with Crippen molar-refractivity contribution in [3.8, 4) is 0 Å². The van der Waals surface area contributed by atoms with Gasteiger partial charge < -0.3 is 9.80 Å². The monoisotopic (exact) mass is 477 g/mol. The molecular weight excluding hydrogens is 426 g/mol. The van der Waals surface area contributed by atoms with Crippen molar-refractivity contribution in [1.29, 1.82) is 0 Å². The third-order valence-corrected chi connectivity index (χ3v) is 9.39. The normalized spacial score (nSPS) is 20.7. The summed E-state index contributed by atoms with van der Waals surface area (Å²) in [4.78, 5) is 7.55. The van der Waals surface area contributed by atoms with Gasteiger partial charge in [-0.25, -0.2) is 0 Å². The van der Waals surface area contributed by atoms with E-state index in [2.05, 4.69) is 67.2 Å². The Morgan fingerprint density at radius 1 is 0.600 bits per heavy atom. The highest BCUT2D eigenvalue weighted by Gasteiger charge is 2.24. The van der Waals surface area contributed by atoms with E-state index >= 15 is 0 Å². The van der Waals surface area contributed by atoms with Gasteiger partial charge in [0.2, 0.25) is 0 Å². The van der Waals surface area contributed by atoms with E-state index < -0.39 is 0 Å².